The summed E-state index contributed by atoms with van der Waals surface area (Å²) in [5, 5.41) is 0. The van der Waals surface area contributed by atoms with E-state index in [0.717, 1.165) is 0 Å². The van der Waals surface area contributed by atoms with E-state index in [1.165, 1.54) is 0 Å². The summed E-state index contributed by atoms with van der Waals surface area (Å²) in [4.78, 5) is 16.2. The van der Waals surface area contributed by atoms with Crippen molar-refractivity contribution in [2.24, 2.45) is 0 Å². The number of rotatable bonds is 0. The summed E-state index contributed by atoms with van der Waals surface area (Å²) in [7, 11) is 0. The summed E-state index contributed by atoms with van der Waals surface area (Å²) in [5.41, 5.74) is 0. The molecule has 0 aliphatic carbocycles. The second kappa shape index (κ2) is 41.0. The van der Waals surface area contributed by atoms with Crippen molar-refractivity contribution in [1.29, 1.82) is 0 Å². The standard InChI is InChI=1S/CO2.Ba.2FH/c2-1-3;;;/h;;2*1H/q;+2;;/p-2. The van der Waals surface area contributed by atoms with Crippen LogP contribution in [0.15, 0.2) is 0 Å². The molecule has 0 spiro atoms. The van der Waals surface area contributed by atoms with E-state index in [0.29, 0.717) is 0 Å². The Morgan fingerprint density at radius 1 is 1.00 bits per heavy atom. The first-order valence-corrected chi connectivity index (χ1v) is 0.408. The Kier molecular flexibility index (Phi) is 199. The molecule has 0 aromatic rings. The van der Waals surface area contributed by atoms with E-state index >= 15 is 0 Å². The molecule has 0 aromatic carbocycles. The van der Waals surface area contributed by atoms with Gasteiger partial charge in [-0.25, -0.2) is 0 Å². The molecule has 0 atom stereocenters. The van der Waals surface area contributed by atoms with Gasteiger partial charge in [-0.1, -0.05) is 0 Å². The van der Waals surface area contributed by atoms with Crippen molar-refractivity contribution in [3.8, 4) is 0 Å². The molecule has 6 heavy (non-hydrogen) atoms. The van der Waals surface area contributed by atoms with E-state index in [1.54, 1.807) is 0 Å². The zero-order valence-electron chi connectivity index (χ0n) is 2.78. The predicted octanol–water partition coefficient (Wildman–Crippen LogP) is -6.96. The van der Waals surface area contributed by atoms with Crippen molar-refractivity contribution < 1.29 is 19.0 Å². The second-order valence-corrected chi connectivity index (χ2v) is 0.0833. The number of carbonyl (C=O) groups excluding carboxylic acids is 2. The molecule has 0 aliphatic rings. The fraction of sp³-hybridized carbons (Fsp3) is 0. The third kappa shape index (κ3) is 106. The van der Waals surface area contributed by atoms with Crippen LogP contribution in [0.2, 0.25) is 0 Å². The van der Waals surface area contributed by atoms with Gasteiger partial charge in [-0.15, -0.1) is 0 Å². The monoisotopic (exact) mass is 220 g/mol. The molecule has 0 heterocycles. The van der Waals surface area contributed by atoms with Crippen LogP contribution < -0.4 is 9.41 Å². The van der Waals surface area contributed by atoms with Gasteiger partial charge < -0.3 is 9.41 Å². The van der Waals surface area contributed by atoms with Crippen LogP contribution in [-0.4, -0.2) is 55.0 Å². The molecule has 0 unspecified atom stereocenters. The zero-order chi connectivity index (χ0) is 2.71. The Morgan fingerprint density at radius 2 is 1.00 bits per heavy atom. The largest absolute Gasteiger partial charge is 2.00 e. The molecule has 0 saturated heterocycles. The minimum absolute atomic E-state index is 0. The average Bonchev–Trinajstić information content (AvgIpc) is 0.918. The van der Waals surface area contributed by atoms with Gasteiger partial charge in [-0.2, -0.15) is 9.59 Å². The van der Waals surface area contributed by atoms with Crippen LogP contribution in [0.3, 0.4) is 0 Å². The van der Waals surface area contributed by atoms with Gasteiger partial charge in [-0.05, 0) is 0 Å². The van der Waals surface area contributed by atoms with Crippen molar-refractivity contribution in [3.05, 3.63) is 0 Å². The molecule has 0 saturated carbocycles. The van der Waals surface area contributed by atoms with Crippen LogP contribution in [0.5, 0.6) is 0 Å². The molecule has 2 nitrogen and oxygen atoms in total. The van der Waals surface area contributed by atoms with Gasteiger partial charge in [0.2, 0.25) is 0 Å². The fourth-order valence-electron chi connectivity index (χ4n) is 0. The van der Waals surface area contributed by atoms with Crippen molar-refractivity contribution in [2.45, 2.75) is 0 Å². The summed E-state index contributed by atoms with van der Waals surface area (Å²) >= 11 is 0. The predicted molar refractivity (Wildman–Crippen MR) is 10.8 cm³/mol. The Bertz CT molecular complexity index is 32.5. The van der Waals surface area contributed by atoms with E-state index in [-0.39, 0.29) is 64.4 Å². The first-order chi connectivity index (χ1) is 1.41. The molecular formula is CBaF2O2. The van der Waals surface area contributed by atoms with Crippen LogP contribution in [0, 0.1) is 0 Å². The summed E-state index contributed by atoms with van der Waals surface area (Å²) in [6.07, 6.45) is 0.250. The molecule has 0 radical (unpaired) electrons. The maximum absolute atomic E-state index is 8.12. The van der Waals surface area contributed by atoms with E-state index in [9.17, 15) is 0 Å². The third-order valence-electron chi connectivity index (χ3n) is 0. The zero-order valence-corrected chi connectivity index (χ0v) is 7.22. The normalized spacial score (nSPS) is 1.33. The average molecular weight is 219 g/mol. The van der Waals surface area contributed by atoms with Crippen LogP contribution >= 0.6 is 0 Å². The Hall–Kier alpha value is 0.811. The Labute approximate surface area is 73.1 Å². The molecule has 0 bridgehead atoms. The Balaban J connectivity index is -0.00000000667. The van der Waals surface area contributed by atoms with Crippen LogP contribution in [-0.2, 0) is 9.59 Å². The SMILES string of the molecule is O=C=O.[Ba+2].[F-].[F-]. The van der Waals surface area contributed by atoms with Crippen molar-refractivity contribution in [3.63, 3.8) is 0 Å². The van der Waals surface area contributed by atoms with Crippen LogP contribution in [0.1, 0.15) is 0 Å². The second-order valence-electron chi connectivity index (χ2n) is 0.0833. The molecule has 0 fully saturated rings. The van der Waals surface area contributed by atoms with Crippen molar-refractivity contribution >= 4 is 55.0 Å². The molecule has 0 aliphatic heterocycles. The maximum atomic E-state index is 8.12. The van der Waals surface area contributed by atoms with Gasteiger partial charge >= 0.3 is 55.0 Å². The summed E-state index contributed by atoms with van der Waals surface area (Å²) in [5.74, 6) is 0. The fourth-order valence-corrected chi connectivity index (χ4v) is 0. The molecule has 5 heteroatoms. The summed E-state index contributed by atoms with van der Waals surface area (Å²) < 4.78 is 0. The maximum Gasteiger partial charge on any atom is 2.00 e. The number of hydrogen-bond donors (Lipinski definition) is 0. The van der Waals surface area contributed by atoms with Gasteiger partial charge in [0.15, 0.2) is 0 Å². The van der Waals surface area contributed by atoms with Gasteiger partial charge in [0.1, 0.15) is 0 Å². The molecule has 0 amide bonds. The molecule has 0 aromatic heterocycles. The third-order valence-corrected chi connectivity index (χ3v) is 0. The van der Waals surface area contributed by atoms with Crippen LogP contribution in [0.4, 0.5) is 0 Å². The van der Waals surface area contributed by atoms with Gasteiger partial charge in [0.25, 0.3) is 0 Å². The summed E-state index contributed by atoms with van der Waals surface area (Å²) in [6, 6.07) is 0. The first kappa shape index (κ1) is 29.1. The summed E-state index contributed by atoms with van der Waals surface area (Å²) in [6.45, 7) is 0. The molecule has 0 rings (SSSR count). The van der Waals surface area contributed by atoms with E-state index in [2.05, 4.69) is 0 Å². The van der Waals surface area contributed by atoms with Crippen LogP contribution in [0.25, 0.3) is 0 Å². The first-order valence-electron chi connectivity index (χ1n) is 0.408. The Morgan fingerprint density at radius 3 is 1.00 bits per heavy atom. The topological polar surface area (TPSA) is 34.1 Å². The van der Waals surface area contributed by atoms with Gasteiger partial charge in [-0.3, -0.25) is 0 Å². The van der Waals surface area contributed by atoms with E-state index < -0.39 is 0 Å². The number of hydrogen-bond acceptors (Lipinski definition) is 2. The minimum Gasteiger partial charge on any atom is -1.00 e. The molecule has 0 N–H and O–H groups in total. The minimum atomic E-state index is 0. The number of halogens is 2. The molecule has 32 valence electrons. The smallest absolute Gasteiger partial charge is 1.00 e. The van der Waals surface area contributed by atoms with Gasteiger partial charge in [0, 0.05) is 0 Å². The molecular weight excluding hydrogens is 219 g/mol. The van der Waals surface area contributed by atoms with Gasteiger partial charge in [0.05, 0.1) is 0 Å². The quantitative estimate of drug-likeness (QED) is 0.380. The van der Waals surface area contributed by atoms with E-state index in [1.807, 2.05) is 0 Å². The van der Waals surface area contributed by atoms with Crippen molar-refractivity contribution in [2.75, 3.05) is 0 Å². The van der Waals surface area contributed by atoms with Crippen molar-refractivity contribution in [1.82, 2.24) is 0 Å². The van der Waals surface area contributed by atoms with E-state index in [4.69, 9.17) is 9.59 Å².